The molecule has 2 fully saturated rings. The van der Waals surface area contributed by atoms with Crippen molar-refractivity contribution in [2.24, 2.45) is 5.16 Å². The van der Waals surface area contributed by atoms with Gasteiger partial charge in [0.1, 0.15) is 36.2 Å². The van der Waals surface area contributed by atoms with Crippen molar-refractivity contribution < 1.29 is 45.9 Å². The number of aryl methyl sites for hydroxylation is 4. The van der Waals surface area contributed by atoms with Gasteiger partial charge in [-0.25, -0.2) is 25.9 Å². The molecule has 0 amide bonds. The summed E-state index contributed by atoms with van der Waals surface area (Å²) in [5.41, 5.74) is 4.47. The molecule has 0 unspecified atom stereocenters. The first-order valence-electron chi connectivity index (χ1n) is 26.5. The molecule has 2 N–H and O–H groups in total. The van der Waals surface area contributed by atoms with Crippen LogP contribution in [0.1, 0.15) is 92.3 Å². The van der Waals surface area contributed by atoms with Crippen LogP contribution >= 0.6 is 0 Å². The van der Waals surface area contributed by atoms with E-state index in [0.717, 1.165) is 48.9 Å². The Hall–Kier alpha value is -7.04. The average Bonchev–Trinajstić information content (AvgIpc) is 4.00. The number of fused-ring (bicyclic) bond motifs is 2. The highest BCUT2D eigenvalue weighted by molar-refractivity contribution is 7.89. The molecule has 0 spiro atoms. The van der Waals surface area contributed by atoms with Crippen LogP contribution in [0.2, 0.25) is 0 Å². The van der Waals surface area contributed by atoms with E-state index in [-0.39, 0.29) is 52.2 Å². The second-order valence-corrected chi connectivity index (χ2v) is 22.7. The summed E-state index contributed by atoms with van der Waals surface area (Å²) < 4.78 is 71.9. The lowest BCUT2D eigenvalue weighted by atomic mass is 10.1. The molecule has 2 aliphatic rings. The Morgan fingerprint density at radius 1 is 0.671 bits per heavy atom. The summed E-state index contributed by atoms with van der Waals surface area (Å²) >= 11 is 0. The van der Waals surface area contributed by atoms with E-state index in [1.54, 1.807) is 42.8 Å². The van der Waals surface area contributed by atoms with Crippen LogP contribution in [0.3, 0.4) is 0 Å². The molecule has 428 valence electrons. The van der Waals surface area contributed by atoms with Crippen LogP contribution in [-0.4, -0.2) is 174 Å². The molecule has 6 aromatic rings. The Morgan fingerprint density at radius 2 is 1.11 bits per heavy atom. The molecule has 0 radical (unpaired) electrons. The largest absolute Gasteiger partial charge is 0.493 e. The lowest BCUT2D eigenvalue weighted by Crippen LogP contribution is -2.49. The van der Waals surface area contributed by atoms with Crippen molar-refractivity contribution in [3.8, 4) is 34.3 Å². The highest BCUT2D eigenvalue weighted by atomic mass is 32.2. The minimum absolute atomic E-state index is 0.00452. The van der Waals surface area contributed by atoms with Gasteiger partial charge in [0.25, 0.3) is 16.2 Å². The van der Waals surface area contributed by atoms with Crippen LogP contribution in [0.15, 0.2) is 60.9 Å². The van der Waals surface area contributed by atoms with Crippen molar-refractivity contribution in [1.82, 2.24) is 47.6 Å². The Kier molecular flexibility index (Phi) is 19.8. The fraction of sp³-hybridized carbons (Fsp3) is 0.500. The summed E-state index contributed by atoms with van der Waals surface area (Å²) in [5.74, 6) is 1.12. The normalized spacial score (nSPS) is 15.1. The van der Waals surface area contributed by atoms with E-state index >= 15 is 0 Å². The average molecular weight is 1140 g/mol. The molecule has 0 atom stereocenters. The Bertz CT molecular complexity index is 3540. The van der Waals surface area contributed by atoms with Crippen molar-refractivity contribution in [1.29, 1.82) is 0 Å². The van der Waals surface area contributed by atoms with Gasteiger partial charge in [-0.15, -0.1) is 20.3 Å². The molecule has 2 saturated heterocycles. The predicted octanol–water partition coefficient (Wildman–Crippen LogP) is 4.72. The number of ether oxygens (including phenoxy) is 2. The number of aromatic nitrogens is 6. The minimum Gasteiger partial charge on any atom is -0.493 e. The molecule has 8 rings (SSSR count). The number of aromatic amines is 2. The molecule has 0 bridgehead atoms. The molecule has 2 aromatic carbocycles. The SMILES string of the molecule is CCCc1c(/C=N/OC)c(C)c2c(=O)[nH]c(-c3cc(S(=O)(=O)N4CCN(CCC)CC4)ccc3OCC)nn12.CCCc1c(C=O)c(C)c2c(=O)[nH]c(-c3cc(S(=O)(=O)N4CCN(CCO[N+](=O)[O-])CC4)ccc3OCC)nn12. The fourth-order valence-electron chi connectivity index (χ4n) is 9.99. The topological polar surface area (TPSA) is 291 Å². The van der Waals surface area contributed by atoms with Crippen molar-refractivity contribution in [3.63, 3.8) is 0 Å². The Balaban J connectivity index is 0.000000229. The maximum absolute atomic E-state index is 13.6. The van der Waals surface area contributed by atoms with Crippen molar-refractivity contribution in [2.45, 2.75) is 90.4 Å². The van der Waals surface area contributed by atoms with Gasteiger partial charge in [0.15, 0.2) is 17.9 Å². The van der Waals surface area contributed by atoms with E-state index in [4.69, 9.17) is 19.4 Å². The van der Waals surface area contributed by atoms with Gasteiger partial charge in [0.2, 0.25) is 20.0 Å². The van der Waals surface area contributed by atoms with Crippen LogP contribution in [0, 0.1) is 24.0 Å². The monoisotopic (exact) mass is 1130 g/mol. The number of hydrogen-bond donors (Lipinski definition) is 2. The van der Waals surface area contributed by atoms with E-state index in [1.165, 1.54) is 38.4 Å². The number of nitrogens with zero attached hydrogens (tertiary/aromatic N) is 10. The highest BCUT2D eigenvalue weighted by Crippen LogP contribution is 2.34. The fourth-order valence-corrected chi connectivity index (χ4v) is 12.9. The van der Waals surface area contributed by atoms with Crippen LogP contribution in [0.25, 0.3) is 33.8 Å². The second kappa shape index (κ2) is 26.3. The van der Waals surface area contributed by atoms with Gasteiger partial charge in [-0.3, -0.25) is 19.3 Å². The van der Waals surface area contributed by atoms with Gasteiger partial charge in [0, 0.05) is 70.0 Å². The summed E-state index contributed by atoms with van der Waals surface area (Å²) in [6, 6.07) is 9.15. The summed E-state index contributed by atoms with van der Waals surface area (Å²) in [6.45, 7) is 18.6. The smallest absolute Gasteiger partial charge is 0.294 e. The second-order valence-electron chi connectivity index (χ2n) is 18.9. The van der Waals surface area contributed by atoms with Gasteiger partial charge in [-0.2, -0.15) is 8.61 Å². The van der Waals surface area contributed by atoms with Gasteiger partial charge < -0.3 is 34.0 Å². The number of sulfonamides is 2. The first-order chi connectivity index (χ1) is 37.9. The van der Waals surface area contributed by atoms with Crippen LogP contribution in [-0.2, 0) is 42.6 Å². The number of oxime groups is 1. The number of hydrogen-bond acceptors (Lipinski definition) is 18. The number of H-pyrrole nitrogens is 2. The molecule has 25 nitrogen and oxygen atoms in total. The maximum atomic E-state index is 13.6. The zero-order valence-corrected chi connectivity index (χ0v) is 47.6. The maximum Gasteiger partial charge on any atom is 0.294 e. The summed E-state index contributed by atoms with van der Waals surface area (Å²) in [7, 11) is -6.21. The molecular formula is C52H70N12O13S2. The van der Waals surface area contributed by atoms with Crippen molar-refractivity contribution >= 4 is 43.6 Å². The lowest BCUT2D eigenvalue weighted by Gasteiger charge is -2.33. The lowest BCUT2D eigenvalue weighted by molar-refractivity contribution is -0.757. The van der Waals surface area contributed by atoms with Crippen molar-refractivity contribution in [2.75, 3.05) is 92.4 Å². The van der Waals surface area contributed by atoms with E-state index in [0.29, 0.717) is 117 Å². The van der Waals surface area contributed by atoms with Gasteiger partial charge in [-0.05, 0) is 101 Å². The molecule has 2 aliphatic heterocycles. The third-order valence-electron chi connectivity index (χ3n) is 13.8. The van der Waals surface area contributed by atoms with Gasteiger partial charge in [-0.1, -0.05) is 38.8 Å². The van der Waals surface area contributed by atoms with Gasteiger partial charge in [0.05, 0.1) is 51.7 Å². The number of carbonyl (C=O) groups is 1. The predicted molar refractivity (Wildman–Crippen MR) is 296 cm³/mol. The number of aldehydes is 1. The summed E-state index contributed by atoms with van der Waals surface area (Å²) in [6.07, 6.45) is 6.08. The van der Waals surface area contributed by atoms with Crippen LogP contribution < -0.4 is 20.6 Å². The van der Waals surface area contributed by atoms with E-state index in [1.807, 2.05) is 32.6 Å². The zero-order valence-electron chi connectivity index (χ0n) is 45.9. The number of nitrogens with one attached hydrogen (secondary N) is 2. The van der Waals surface area contributed by atoms with E-state index < -0.39 is 30.7 Å². The molecule has 79 heavy (non-hydrogen) atoms. The summed E-state index contributed by atoms with van der Waals surface area (Å²) in [5, 5.41) is 22.8. The molecule has 6 heterocycles. The number of piperazine rings is 2. The van der Waals surface area contributed by atoms with Gasteiger partial charge >= 0.3 is 0 Å². The number of rotatable bonds is 23. The molecule has 0 aliphatic carbocycles. The Labute approximate surface area is 458 Å². The number of carbonyl (C=O) groups excluding carboxylic acids is 1. The van der Waals surface area contributed by atoms with Crippen LogP contribution in [0.5, 0.6) is 11.5 Å². The number of benzene rings is 2. The summed E-state index contributed by atoms with van der Waals surface area (Å²) in [4.78, 5) is 67.9. The van der Waals surface area contributed by atoms with Crippen molar-refractivity contribution in [3.05, 3.63) is 101 Å². The molecule has 4 aromatic heterocycles. The van der Waals surface area contributed by atoms with Crippen LogP contribution in [0.4, 0.5) is 0 Å². The van der Waals surface area contributed by atoms with E-state index in [9.17, 15) is 41.3 Å². The third kappa shape index (κ3) is 12.9. The zero-order chi connectivity index (χ0) is 57.2. The molecule has 0 saturated carbocycles. The quantitative estimate of drug-likeness (QED) is 0.0380. The first-order valence-corrected chi connectivity index (χ1v) is 29.3. The Morgan fingerprint density at radius 3 is 1.52 bits per heavy atom. The standard InChI is InChI=1S/C27H38N6O5S.C25H32N6O8S/c1-6-9-23-22(18-28-37-5)19(4)25-27(34)29-26(30-33(23)25)21-17-20(10-11-24(21)38-8-3)39(35,36)32-15-13-31(12-7-2)14-16-32;1-4-6-21-20(16-32)17(3)23-25(33)26-24(27-30(21)23)19-15-18(7-8-22(19)38-5-2)40(36,37)29-11-9-28(10-12-29)13-14-39-31(34)35/h10-11,17-18H,6-9,12-16H2,1-5H3,(H,29,30,34);7-8,15-16H,4-6,9-14H2,1-3H3,(H,26,27,33)/b28-18+;. The first kappa shape index (κ1) is 59.6. The molecule has 27 heteroatoms. The van der Waals surface area contributed by atoms with E-state index in [2.05, 4.69) is 36.9 Å². The third-order valence-corrected chi connectivity index (χ3v) is 17.6. The highest BCUT2D eigenvalue weighted by Gasteiger charge is 2.32. The molecular weight excluding hydrogens is 1060 g/mol. The minimum atomic E-state index is -3.92.